The van der Waals surface area contributed by atoms with E-state index in [-0.39, 0.29) is 17.7 Å². The maximum atomic E-state index is 12.6. The standard InChI is InChI=1S/C15H24O3/c1-3-5-12(15(17)18-4-2)14(16)13(10-6-7-10)11-8-9-11/h10-13H,3-9H2,1-2H3. The number of hydrogen-bond donors (Lipinski definition) is 0. The van der Waals surface area contributed by atoms with E-state index in [2.05, 4.69) is 0 Å². The molecule has 2 rings (SSSR count). The van der Waals surface area contributed by atoms with Crippen molar-refractivity contribution >= 4 is 11.8 Å². The minimum absolute atomic E-state index is 0.158. The number of carbonyl (C=O) groups excluding carboxylic acids is 2. The third-order valence-corrected chi connectivity index (χ3v) is 4.08. The van der Waals surface area contributed by atoms with Gasteiger partial charge in [-0.2, -0.15) is 0 Å². The predicted molar refractivity (Wildman–Crippen MR) is 69.0 cm³/mol. The SMILES string of the molecule is CCCC(C(=O)OCC)C(=O)C(C1CC1)C1CC1. The van der Waals surface area contributed by atoms with Crippen LogP contribution in [0.1, 0.15) is 52.4 Å². The second-order valence-electron chi connectivity index (χ2n) is 5.70. The molecular weight excluding hydrogens is 228 g/mol. The third-order valence-electron chi connectivity index (χ3n) is 4.08. The monoisotopic (exact) mass is 252 g/mol. The molecular formula is C15H24O3. The van der Waals surface area contributed by atoms with E-state index in [0.29, 0.717) is 24.9 Å². The molecule has 0 aromatic carbocycles. The summed E-state index contributed by atoms with van der Waals surface area (Å²) in [5, 5.41) is 0. The first-order chi connectivity index (χ1) is 8.69. The number of esters is 1. The lowest BCUT2D eigenvalue weighted by atomic mass is 9.83. The summed E-state index contributed by atoms with van der Waals surface area (Å²) in [7, 11) is 0. The quantitative estimate of drug-likeness (QED) is 0.492. The Morgan fingerprint density at radius 1 is 1.11 bits per heavy atom. The van der Waals surface area contributed by atoms with E-state index in [9.17, 15) is 9.59 Å². The van der Waals surface area contributed by atoms with Crippen LogP contribution in [-0.4, -0.2) is 18.4 Å². The molecule has 2 aliphatic carbocycles. The average molecular weight is 252 g/mol. The fourth-order valence-corrected chi connectivity index (χ4v) is 2.90. The predicted octanol–water partition coefficient (Wildman–Crippen LogP) is 2.97. The number of hydrogen-bond acceptors (Lipinski definition) is 3. The van der Waals surface area contributed by atoms with Crippen molar-refractivity contribution in [3.8, 4) is 0 Å². The molecule has 0 N–H and O–H groups in total. The van der Waals surface area contributed by atoms with E-state index in [0.717, 1.165) is 6.42 Å². The number of ether oxygens (including phenoxy) is 1. The van der Waals surface area contributed by atoms with Gasteiger partial charge in [-0.05, 0) is 50.9 Å². The summed E-state index contributed by atoms with van der Waals surface area (Å²) in [6.45, 7) is 4.18. The Morgan fingerprint density at radius 2 is 1.67 bits per heavy atom. The van der Waals surface area contributed by atoms with E-state index in [4.69, 9.17) is 4.74 Å². The zero-order valence-corrected chi connectivity index (χ0v) is 11.5. The highest BCUT2D eigenvalue weighted by atomic mass is 16.5. The minimum Gasteiger partial charge on any atom is -0.465 e. The Kier molecular flexibility index (Phi) is 4.41. The van der Waals surface area contributed by atoms with Crippen LogP contribution in [0.2, 0.25) is 0 Å². The van der Waals surface area contributed by atoms with Gasteiger partial charge in [0, 0.05) is 5.92 Å². The lowest BCUT2D eigenvalue weighted by Crippen LogP contribution is -2.33. The lowest BCUT2D eigenvalue weighted by molar-refractivity contribution is -0.153. The number of carbonyl (C=O) groups is 2. The molecule has 0 bridgehead atoms. The molecule has 0 spiro atoms. The van der Waals surface area contributed by atoms with Crippen LogP contribution in [-0.2, 0) is 14.3 Å². The second-order valence-corrected chi connectivity index (χ2v) is 5.70. The molecule has 0 heterocycles. The molecule has 102 valence electrons. The summed E-state index contributed by atoms with van der Waals surface area (Å²) in [5.41, 5.74) is 0. The van der Waals surface area contributed by atoms with Crippen molar-refractivity contribution in [1.82, 2.24) is 0 Å². The Hall–Kier alpha value is -0.860. The smallest absolute Gasteiger partial charge is 0.316 e. The molecule has 0 radical (unpaired) electrons. The van der Waals surface area contributed by atoms with Crippen LogP contribution in [0.25, 0.3) is 0 Å². The molecule has 1 unspecified atom stereocenters. The molecule has 3 nitrogen and oxygen atoms in total. The molecule has 0 amide bonds. The molecule has 0 aromatic heterocycles. The minimum atomic E-state index is -0.499. The van der Waals surface area contributed by atoms with Crippen LogP contribution in [0.3, 0.4) is 0 Å². The van der Waals surface area contributed by atoms with Crippen molar-refractivity contribution in [3.63, 3.8) is 0 Å². The third kappa shape index (κ3) is 3.12. The van der Waals surface area contributed by atoms with E-state index in [1.54, 1.807) is 6.92 Å². The molecule has 1 atom stereocenters. The summed E-state index contributed by atoms with van der Waals surface area (Å²) >= 11 is 0. The summed E-state index contributed by atoms with van der Waals surface area (Å²) in [5.74, 6) is 0.681. The Balaban J connectivity index is 2.03. The summed E-state index contributed by atoms with van der Waals surface area (Å²) in [6, 6.07) is 0. The Bertz CT molecular complexity index is 304. The van der Waals surface area contributed by atoms with Gasteiger partial charge in [-0.15, -0.1) is 0 Å². The van der Waals surface area contributed by atoms with Crippen LogP contribution < -0.4 is 0 Å². The Labute approximate surface area is 109 Å². The first-order valence-electron chi connectivity index (χ1n) is 7.39. The van der Waals surface area contributed by atoms with Crippen molar-refractivity contribution < 1.29 is 14.3 Å². The van der Waals surface area contributed by atoms with E-state index >= 15 is 0 Å². The second kappa shape index (κ2) is 5.85. The molecule has 2 saturated carbocycles. The van der Waals surface area contributed by atoms with Crippen molar-refractivity contribution in [2.75, 3.05) is 6.61 Å². The van der Waals surface area contributed by atoms with Crippen LogP contribution in [0, 0.1) is 23.7 Å². The summed E-state index contributed by atoms with van der Waals surface area (Å²) in [4.78, 5) is 24.5. The van der Waals surface area contributed by atoms with Crippen LogP contribution >= 0.6 is 0 Å². The number of Topliss-reactive ketones (excluding diaryl/α,β-unsaturated/α-hetero) is 1. The highest BCUT2D eigenvalue weighted by molar-refractivity contribution is 6.00. The highest BCUT2D eigenvalue weighted by Gasteiger charge is 2.48. The van der Waals surface area contributed by atoms with Gasteiger partial charge in [0.05, 0.1) is 6.61 Å². The van der Waals surface area contributed by atoms with E-state index in [1.165, 1.54) is 25.7 Å². The maximum Gasteiger partial charge on any atom is 0.316 e. The molecule has 2 aliphatic rings. The molecule has 18 heavy (non-hydrogen) atoms. The van der Waals surface area contributed by atoms with Crippen molar-refractivity contribution in [2.24, 2.45) is 23.7 Å². The summed E-state index contributed by atoms with van der Waals surface area (Å²) in [6.07, 6.45) is 6.21. The number of rotatable bonds is 8. The fourth-order valence-electron chi connectivity index (χ4n) is 2.90. The highest BCUT2D eigenvalue weighted by Crippen LogP contribution is 2.50. The molecule has 0 aromatic rings. The van der Waals surface area contributed by atoms with Gasteiger partial charge in [0.15, 0.2) is 5.78 Å². The maximum absolute atomic E-state index is 12.6. The van der Waals surface area contributed by atoms with Gasteiger partial charge >= 0.3 is 5.97 Å². The van der Waals surface area contributed by atoms with Gasteiger partial charge in [-0.3, -0.25) is 9.59 Å². The van der Waals surface area contributed by atoms with E-state index in [1.807, 2.05) is 6.92 Å². The molecule has 0 saturated heterocycles. The normalized spacial score (nSPS) is 20.8. The average Bonchev–Trinajstić information content (AvgIpc) is 3.19. The largest absolute Gasteiger partial charge is 0.465 e. The van der Waals surface area contributed by atoms with Crippen LogP contribution in [0.5, 0.6) is 0 Å². The van der Waals surface area contributed by atoms with Crippen LogP contribution in [0.15, 0.2) is 0 Å². The summed E-state index contributed by atoms with van der Waals surface area (Å²) < 4.78 is 5.07. The van der Waals surface area contributed by atoms with Gasteiger partial charge in [0.1, 0.15) is 5.92 Å². The van der Waals surface area contributed by atoms with Crippen molar-refractivity contribution in [2.45, 2.75) is 52.4 Å². The fraction of sp³-hybridized carbons (Fsp3) is 0.867. The molecule has 2 fully saturated rings. The zero-order chi connectivity index (χ0) is 13.1. The lowest BCUT2D eigenvalue weighted by Gasteiger charge is -2.20. The van der Waals surface area contributed by atoms with Gasteiger partial charge in [0.2, 0.25) is 0 Å². The topological polar surface area (TPSA) is 43.4 Å². The van der Waals surface area contributed by atoms with Crippen LogP contribution in [0.4, 0.5) is 0 Å². The van der Waals surface area contributed by atoms with Crippen molar-refractivity contribution in [1.29, 1.82) is 0 Å². The van der Waals surface area contributed by atoms with Gasteiger partial charge in [-0.25, -0.2) is 0 Å². The number of ketones is 1. The van der Waals surface area contributed by atoms with Gasteiger partial charge in [-0.1, -0.05) is 13.3 Å². The zero-order valence-electron chi connectivity index (χ0n) is 11.5. The Morgan fingerprint density at radius 3 is 2.06 bits per heavy atom. The first-order valence-corrected chi connectivity index (χ1v) is 7.39. The molecule has 0 aliphatic heterocycles. The van der Waals surface area contributed by atoms with Crippen molar-refractivity contribution in [3.05, 3.63) is 0 Å². The van der Waals surface area contributed by atoms with Gasteiger partial charge < -0.3 is 4.74 Å². The van der Waals surface area contributed by atoms with E-state index < -0.39 is 5.92 Å². The molecule has 3 heteroatoms. The van der Waals surface area contributed by atoms with Gasteiger partial charge in [0.25, 0.3) is 0 Å². The first kappa shape index (κ1) is 13.6.